The molecule has 1 aliphatic carbocycles. The van der Waals surface area contributed by atoms with Gasteiger partial charge in [0, 0.05) is 46.3 Å². The number of anilines is 5. The molecule has 2 nitrogen and oxygen atoms in total. The third kappa shape index (κ3) is 5.97. The Balaban J connectivity index is 1.20. The zero-order chi connectivity index (χ0) is 36.1. The molecule has 2 aliphatic rings. The minimum atomic E-state index is -0.0252. The van der Waals surface area contributed by atoms with Crippen molar-refractivity contribution in [2.24, 2.45) is 0 Å². The minimum absolute atomic E-state index is 0.0252. The molecule has 258 valence electrons. The summed E-state index contributed by atoms with van der Waals surface area (Å²) in [6.45, 7) is 16.6. The summed E-state index contributed by atoms with van der Waals surface area (Å²) < 4.78 is 0. The van der Waals surface area contributed by atoms with E-state index in [1.165, 1.54) is 78.3 Å². The Morgan fingerprint density at radius 3 is 1.98 bits per heavy atom. The second-order valence-electron chi connectivity index (χ2n) is 15.4. The van der Waals surface area contributed by atoms with E-state index in [-0.39, 0.29) is 11.3 Å². The van der Waals surface area contributed by atoms with Crippen LogP contribution < -0.4 is 9.80 Å². The van der Waals surface area contributed by atoms with E-state index in [0.29, 0.717) is 0 Å². The van der Waals surface area contributed by atoms with Gasteiger partial charge in [0.05, 0.1) is 0 Å². The molecule has 1 heterocycles. The predicted octanol–water partition coefficient (Wildman–Crippen LogP) is 13.6. The van der Waals surface area contributed by atoms with E-state index in [0.717, 1.165) is 17.9 Å². The summed E-state index contributed by atoms with van der Waals surface area (Å²) in [5.74, 6) is 0.224. The van der Waals surface area contributed by atoms with Crippen molar-refractivity contribution in [1.82, 2.24) is 0 Å². The van der Waals surface area contributed by atoms with Crippen LogP contribution in [0.15, 0.2) is 146 Å². The molecule has 8 rings (SSSR count). The van der Waals surface area contributed by atoms with Gasteiger partial charge in [0.1, 0.15) is 0 Å². The SMILES string of the molecule is Cc1ccc(N2C/C=C\C(c3ccc(N(c4ccc(C)cc4)c4ccc5c(c4)-c4ccccc4C5(C)C)cc3C)=C/C(C)c3cc(C)ccc32)cc1. The maximum atomic E-state index is 2.45. The lowest BCUT2D eigenvalue weighted by Crippen LogP contribution is -2.18. The maximum absolute atomic E-state index is 2.45. The smallest absolute Gasteiger partial charge is 0.0468 e. The van der Waals surface area contributed by atoms with Crippen LogP contribution in [0.1, 0.15) is 71.2 Å². The van der Waals surface area contributed by atoms with Crippen LogP contribution >= 0.6 is 0 Å². The summed E-state index contributed by atoms with van der Waals surface area (Å²) in [4.78, 5) is 4.86. The van der Waals surface area contributed by atoms with Gasteiger partial charge in [-0.05, 0) is 127 Å². The number of allylic oxidation sites excluding steroid dienone is 3. The number of rotatable bonds is 5. The van der Waals surface area contributed by atoms with Gasteiger partial charge in [-0.25, -0.2) is 0 Å². The monoisotopic (exact) mass is 676 g/mol. The van der Waals surface area contributed by atoms with Crippen molar-refractivity contribution in [2.75, 3.05) is 16.3 Å². The summed E-state index contributed by atoms with van der Waals surface area (Å²) in [5, 5.41) is 0. The molecule has 0 spiro atoms. The van der Waals surface area contributed by atoms with Crippen LogP contribution in [0.2, 0.25) is 0 Å². The summed E-state index contributed by atoms with van der Waals surface area (Å²) >= 11 is 0. The van der Waals surface area contributed by atoms with Crippen molar-refractivity contribution in [3.8, 4) is 11.1 Å². The highest BCUT2D eigenvalue weighted by atomic mass is 15.1. The Labute approximate surface area is 310 Å². The van der Waals surface area contributed by atoms with Gasteiger partial charge in [0.25, 0.3) is 0 Å². The van der Waals surface area contributed by atoms with E-state index in [9.17, 15) is 0 Å². The highest BCUT2D eigenvalue weighted by Crippen LogP contribution is 2.50. The van der Waals surface area contributed by atoms with Crippen molar-refractivity contribution in [1.29, 1.82) is 0 Å². The van der Waals surface area contributed by atoms with Crippen LogP contribution in [0.5, 0.6) is 0 Å². The number of nitrogens with zero attached hydrogens (tertiary/aromatic N) is 2. The molecule has 0 bridgehead atoms. The topological polar surface area (TPSA) is 6.48 Å². The first-order chi connectivity index (χ1) is 25.1. The molecule has 6 aromatic rings. The first-order valence-corrected chi connectivity index (χ1v) is 18.6. The Kier molecular flexibility index (Phi) is 8.50. The fourth-order valence-corrected chi connectivity index (χ4v) is 8.33. The quantitative estimate of drug-likeness (QED) is 0.179. The van der Waals surface area contributed by atoms with Crippen LogP contribution in [-0.2, 0) is 5.41 Å². The molecule has 0 N–H and O–H groups in total. The molecule has 0 amide bonds. The first kappa shape index (κ1) is 33.5. The zero-order valence-corrected chi connectivity index (χ0v) is 31.5. The second kappa shape index (κ2) is 13.2. The van der Waals surface area contributed by atoms with Gasteiger partial charge >= 0.3 is 0 Å². The number of aryl methyl sites for hydroxylation is 4. The Hall–Kier alpha value is -5.60. The molecular weight excluding hydrogens is 629 g/mol. The fraction of sp³-hybridized carbons (Fsp3) is 0.200. The van der Waals surface area contributed by atoms with Crippen molar-refractivity contribution in [2.45, 2.75) is 59.8 Å². The molecule has 1 unspecified atom stereocenters. The van der Waals surface area contributed by atoms with E-state index in [1.54, 1.807) is 0 Å². The van der Waals surface area contributed by atoms with Crippen molar-refractivity contribution >= 4 is 34.0 Å². The zero-order valence-electron chi connectivity index (χ0n) is 31.5. The second-order valence-corrected chi connectivity index (χ2v) is 15.4. The van der Waals surface area contributed by atoms with Gasteiger partial charge in [-0.2, -0.15) is 0 Å². The lowest BCUT2D eigenvalue weighted by atomic mass is 9.82. The van der Waals surface area contributed by atoms with E-state index < -0.39 is 0 Å². The van der Waals surface area contributed by atoms with Crippen LogP contribution in [0.3, 0.4) is 0 Å². The van der Waals surface area contributed by atoms with E-state index in [2.05, 4.69) is 204 Å². The number of fused-ring (bicyclic) bond motifs is 4. The van der Waals surface area contributed by atoms with Crippen molar-refractivity contribution in [3.63, 3.8) is 0 Å². The van der Waals surface area contributed by atoms with E-state index >= 15 is 0 Å². The predicted molar refractivity (Wildman–Crippen MR) is 223 cm³/mol. The maximum Gasteiger partial charge on any atom is 0.0468 e. The average Bonchev–Trinajstić information content (AvgIpc) is 3.40. The highest BCUT2D eigenvalue weighted by molar-refractivity contribution is 5.87. The van der Waals surface area contributed by atoms with Crippen molar-refractivity contribution < 1.29 is 0 Å². The molecule has 52 heavy (non-hydrogen) atoms. The molecule has 0 saturated heterocycles. The van der Waals surface area contributed by atoms with Gasteiger partial charge in [-0.3, -0.25) is 0 Å². The van der Waals surface area contributed by atoms with E-state index in [4.69, 9.17) is 0 Å². The Morgan fingerprint density at radius 2 is 1.23 bits per heavy atom. The Morgan fingerprint density at radius 1 is 0.596 bits per heavy atom. The molecule has 1 atom stereocenters. The molecule has 0 radical (unpaired) electrons. The highest BCUT2D eigenvalue weighted by Gasteiger charge is 2.35. The number of hydrogen-bond donors (Lipinski definition) is 0. The summed E-state index contributed by atoms with van der Waals surface area (Å²) in [6.07, 6.45) is 7.10. The van der Waals surface area contributed by atoms with Gasteiger partial charge in [-0.15, -0.1) is 0 Å². The lowest BCUT2D eigenvalue weighted by Gasteiger charge is -2.28. The largest absolute Gasteiger partial charge is 0.337 e. The summed E-state index contributed by atoms with van der Waals surface area (Å²) in [5.41, 5.74) is 20.3. The average molecular weight is 677 g/mol. The Bertz CT molecular complexity index is 2350. The lowest BCUT2D eigenvalue weighted by molar-refractivity contribution is 0.660. The molecule has 0 aromatic heterocycles. The number of benzene rings is 6. The van der Waals surface area contributed by atoms with Gasteiger partial charge < -0.3 is 9.80 Å². The summed E-state index contributed by atoms with van der Waals surface area (Å²) in [7, 11) is 0. The summed E-state index contributed by atoms with van der Waals surface area (Å²) in [6, 6.07) is 47.7. The van der Waals surface area contributed by atoms with E-state index in [1.807, 2.05) is 0 Å². The molecule has 1 aliphatic heterocycles. The fourth-order valence-electron chi connectivity index (χ4n) is 8.33. The van der Waals surface area contributed by atoms with Crippen LogP contribution in [0, 0.1) is 27.7 Å². The number of hydrogen-bond acceptors (Lipinski definition) is 2. The van der Waals surface area contributed by atoms with Crippen LogP contribution in [0.4, 0.5) is 28.4 Å². The third-order valence-corrected chi connectivity index (χ3v) is 11.2. The van der Waals surface area contributed by atoms with Gasteiger partial charge in [0.15, 0.2) is 0 Å². The van der Waals surface area contributed by atoms with Gasteiger partial charge in [-0.1, -0.05) is 128 Å². The standard InChI is InChI=1S/C50H48N2/c1-33-14-19-39(20-15-33)51-28-10-11-38(30-36(4)45-29-35(3)18-27-49(45)51)43-25-23-41(31-37(43)5)52(40-21-16-34(2)17-22-40)42-24-26-48-46(32-42)44-12-8-9-13-47(44)50(48,6)7/h8-27,29-32,36H,28H2,1-7H3/b11-10-,38-30+. The van der Waals surface area contributed by atoms with Crippen LogP contribution in [-0.4, -0.2) is 6.54 Å². The normalized spacial score (nSPS) is 17.5. The van der Waals surface area contributed by atoms with Gasteiger partial charge in [0.2, 0.25) is 0 Å². The molecule has 2 heteroatoms. The molecule has 0 fully saturated rings. The van der Waals surface area contributed by atoms with Crippen LogP contribution in [0.25, 0.3) is 16.7 Å². The molecular formula is C50H48N2. The third-order valence-electron chi connectivity index (χ3n) is 11.2. The minimum Gasteiger partial charge on any atom is -0.337 e. The molecule has 6 aromatic carbocycles. The van der Waals surface area contributed by atoms with Crippen molar-refractivity contribution in [3.05, 3.63) is 190 Å². The first-order valence-electron chi connectivity index (χ1n) is 18.6. The molecule has 0 saturated carbocycles.